The van der Waals surface area contributed by atoms with E-state index >= 15 is 0 Å². The number of para-hydroxylation sites is 1. The first-order valence-electron chi connectivity index (χ1n) is 11.7. The Balaban J connectivity index is 1.77. The molecule has 0 radical (unpaired) electrons. The Bertz CT molecular complexity index is 1640. The Morgan fingerprint density at radius 3 is 2.54 bits per heavy atom. The average Bonchev–Trinajstić information content (AvgIpc) is 3.50. The maximum Gasteiger partial charge on any atom is 0.269 e. The van der Waals surface area contributed by atoms with Crippen LogP contribution in [0.4, 0.5) is 5.95 Å². The van der Waals surface area contributed by atoms with Crippen LogP contribution in [0.15, 0.2) is 72.0 Å². The molecule has 1 aliphatic heterocycles. The lowest BCUT2D eigenvalue weighted by atomic mass is 10.2. The normalized spacial score (nSPS) is 14.9. The molecule has 0 N–H and O–H groups in total. The number of thiazole rings is 1. The van der Waals surface area contributed by atoms with Crippen LogP contribution in [0, 0.1) is 11.3 Å². The summed E-state index contributed by atoms with van der Waals surface area (Å²) in [7, 11) is 0. The van der Waals surface area contributed by atoms with E-state index in [-0.39, 0.29) is 17.7 Å². The highest BCUT2D eigenvalue weighted by atomic mass is 35.5. The molecule has 0 spiro atoms. The minimum absolute atomic E-state index is 0.207. The van der Waals surface area contributed by atoms with Gasteiger partial charge >= 0.3 is 0 Å². The van der Waals surface area contributed by atoms with Gasteiger partial charge in [0.05, 0.1) is 23.4 Å². The van der Waals surface area contributed by atoms with Crippen molar-refractivity contribution >= 4 is 40.5 Å². The van der Waals surface area contributed by atoms with Crippen LogP contribution in [0.5, 0.6) is 0 Å². The number of halogens is 1. The van der Waals surface area contributed by atoms with Gasteiger partial charge in [0.1, 0.15) is 16.3 Å². The van der Waals surface area contributed by atoms with E-state index in [0.717, 1.165) is 11.3 Å². The maximum absolute atomic E-state index is 13.4. The van der Waals surface area contributed by atoms with E-state index in [0.29, 0.717) is 52.3 Å². The van der Waals surface area contributed by atoms with Gasteiger partial charge in [-0.2, -0.15) is 5.26 Å². The molecular formula is C27H23ClN6O2S. The summed E-state index contributed by atoms with van der Waals surface area (Å²) in [5.74, 6) is 0.992. The lowest BCUT2D eigenvalue weighted by Gasteiger charge is -2.28. The van der Waals surface area contributed by atoms with Crippen LogP contribution in [0.3, 0.4) is 0 Å². The van der Waals surface area contributed by atoms with Crippen molar-refractivity contribution in [1.82, 2.24) is 19.3 Å². The van der Waals surface area contributed by atoms with E-state index in [2.05, 4.69) is 27.7 Å². The Morgan fingerprint density at radius 1 is 1.14 bits per heavy atom. The quantitative estimate of drug-likeness (QED) is 0.356. The first-order valence-corrected chi connectivity index (χ1v) is 12.9. The fraction of sp³-hybridized carbons (Fsp3) is 0.185. The van der Waals surface area contributed by atoms with Crippen molar-refractivity contribution in [1.29, 1.82) is 5.26 Å². The maximum atomic E-state index is 13.4. The minimum atomic E-state index is -0.207. The molecule has 0 amide bonds. The highest BCUT2D eigenvalue weighted by Gasteiger charge is 2.25. The molecule has 0 atom stereocenters. The van der Waals surface area contributed by atoms with Gasteiger partial charge in [0.2, 0.25) is 5.95 Å². The lowest BCUT2D eigenvalue weighted by molar-refractivity contribution is 0.122. The van der Waals surface area contributed by atoms with Gasteiger partial charge < -0.3 is 9.64 Å². The molecule has 5 rings (SSSR count). The van der Waals surface area contributed by atoms with E-state index in [9.17, 15) is 10.1 Å². The average molecular weight is 531 g/mol. The van der Waals surface area contributed by atoms with Gasteiger partial charge in [-0.3, -0.25) is 13.9 Å². The summed E-state index contributed by atoms with van der Waals surface area (Å²) >= 11 is 7.26. The number of rotatable bonds is 6. The Labute approximate surface area is 222 Å². The zero-order chi connectivity index (χ0) is 25.8. The molecule has 3 heterocycles. The van der Waals surface area contributed by atoms with Crippen molar-refractivity contribution < 1.29 is 4.74 Å². The zero-order valence-electron chi connectivity index (χ0n) is 19.9. The molecule has 186 valence electrons. The van der Waals surface area contributed by atoms with E-state index in [4.69, 9.17) is 16.3 Å². The van der Waals surface area contributed by atoms with Crippen LogP contribution in [0.25, 0.3) is 17.3 Å². The van der Waals surface area contributed by atoms with Crippen molar-refractivity contribution in [2.45, 2.75) is 6.54 Å². The third-order valence-electron chi connectivity index (χ3n) is 5.89. The van der Waals surface area contributed by atoms with Gasteiger partial charge in [-0.1, -0.05) is 48.0 Å². The molecule has 2 aromatic heterocycles. The number of nitrogens with zero attached hydrogens (tertiary/aromatic N) is 6. The molecule has 37 heavy (non-hydrogen) atoms. The lowest BCUT2D eigenvalue weighted by Crippen LogP contribution is -2.38. The Hall–Kier alpha value is -3.97. The van der Waals surface area contributed by atoms with Crippen molar-refractivity contribution in [2.24, 2.45) is 0 Å². The summed E-state index contributed by atoms with van der Waals surface area (Å²) in [6.07, 6.45) is 3.43. The second kappa shape index (κ2) is 11.0. The summed E-state index contributed by atoms with van der Waals surface area (Å²) in [4.78, 5) is 15.5. The number of ether oxygens (including phenoxy) is 1. The molecule has 8 nitrogen and oxygen atoms in total. The number of morpholine rings is 1. The zero-order valence-corrected chi connectivity index (χ0v) is 21.5. The molecule has 1 saturated heterocycles. The number of nitriles is 1. The van der Waals surface area contributed by atoms with Crippen LogP contribution < -0.4 is 19.7 Å². The summed E-state index contributed by atoms with van der Waals surface area (Å²) in [6.45, 7) is 6.54. The minimum Gasteiger partial charge on any atom is -0.378 e. The number of hydrogen-bond donors (Lipinski definition) is 0. The monoisotopic (exact) mass is 530 g/mol. The van der Waals surface area contributed by atoms with Crippen molar-refractivity contribution in [2.75, 3.05) is 31.2 Å². The fourth-order valence-electron chi connectivity index (χ4n) is 4.12. The molecule has 0 unspecified atom stereocenters. The van der Waals surface area contributed by atoms with Gasteiger partial charge in [0, 0.05) is 24.7 Å². The van der Waals surface area contributed by atoms with E-state index in [1.54, 1.807) is 28.9 Å². The highest BCUT2D eigenvalue weighted by Crippen LogP contribution is 2.24. The largest absolute Gasteiger partial charge is 0.378 e. The van der Waals surface area contributed by atoms with Crippen LogP contribution >= 0.6 is 22.9 Å². The molecule has 0 saturated carbocycles. The third kappa shape index (κ3) is 5.00. The first-order chi connectivity index (χ1) is 18.1. The third-order valence-corrected chi connectivity index (χ3v) is 7.27. The van der Waals surface area contributed by atoms with Crippen molar-refractivity contribution in [3.63, 3.8) is 0 Å². The van der Waals surface area contributed by atoms with Crippen LogP contribution in [0.2, 0.25) is 5.02 Å². The fourth-order valence-corrected chi connectivity index (χ4v) is 5.36. The van der Waals surface area contributed by atoms with Gasteiger partial charge in [-0.05, 0) is 35.9 Å². The molecule has 0 bridgehead atoms. The number of anilines is 1. The summed E-state index contributed by atoms with van der Waals surface area (Å²) in [5.41, 5.74) is 1.71. The van der Waals surface area contributed by atoms with Gasteiger partial charge in [0.25, 0.3) is 5.56 Å². The van der Waals surface area contributed by atoms with Gasteiger partial charge in [-0.25, -0.2) is 0 Å². The van der Waals surface area contributed by atoms with E-state index < -0.39 is 0 Å². The Morgan fingerprint density at radius 2 is 1.86 bits per heavy atom. The number of hydrogen-bond acceptors (Lipinski definition) is 7. The van der Waals surface area contributed by atoms with Crippen LogP contribution in [0.1, 0.15) is 11.4 Å². The first kappa shape index (κ1) is 24.7. The number of allylic oxidation sites excluding steroid dienone is 1. The molecular weight excluding hydrogens is 508 g/mol. The molecule has 2 aromatic carbocycles. The number of benzene rings is 2. The van der Waals surface area contributed by atoms with Crippen molar-refractivity contribution in [3.05, 3.63) is 103 Å². The summed E-state index contributed by atoms with van der Waals surface area (Å²) < 4.78 is 9.92. The molecule has 1 aliphatic rings. The Kier molecular flexibility index (Phi) is 7.32. The van der Waals surface area contributed by atoms with Crippen LogP contribution in [-0.4, -0.2) is 45.6 Å². The standard InChI is InChI=1S/C27H23ClN6O2S/c1-2-12-33-25(35)23(17-19-8-10-20(28)11-9-19)37-26(33)22(18-29)24-30-31-27(32-13-15-36-16-14-32)34(24)21-6-4-3-5-7-21/h2-11,17H,1,12-16H2. The highest BCUT2D eigenvalue weighted by molar-refractivity contribution is 7.07. The summed E-state index contributed by atoms with van der Waals surface area (Å²) in [5, 5.41) is 19.9. The van der Waals surface area contributed by atoms with Crippen molar-refractivity contribution in [3.8, 4) is 11.8 Å². The second-order valence-corrected chi connectivity index (χ2v) is 9.72. The second-order valence-electron chi connectivity index (χ2n) is 8.25. The van der Waals surface area contributed by atoms with E-state index in [1.165, 1.54) is 11.3 Å². The summed E-state index contributed by atoms with van der Waals surface area (Å²) in [6, 6.07) is 19.2. The smallest absolute Gasteiger partial charge is 0.269 e. The SMILES string of the molecule is C=CCn1c(=C(C#N)c2nnc(N3CCOCC3)n2-c2ccccc2)sc(=Cc2ccc(Cl)cc2)c1=O. The predicted octanol–water partition coefficient (Wildman–Crippen LogP) is 2.72. The molecule has 1 fully saturated rings. The van der Waals surface area contributed by atoms with Gasteiger partial charge in [0.15, 0.2) is 5.82 Å². The van der Waals surface area contributed by atoms with E-state index in [1.807, 2.05) is 47.0 Å². The molecule has 0 aliphatic carbocycles. The van der Waals surface area contributed by atoms with Gasteiger partial charge in [-0.15, -0.1) is 28.1 Å². The number of aromatic nitrogens is 4. The predicted molar refractivity (Wildman–Crippen MR) is 146 cm³/mol. The molecule has 10 heteroatoms. The topological polar surface area (TPSA) is 89.0 Å². The van der Waals surface area contributed by atoms with Crippen LogP contribution in [-0.2, 0) is 11.3 Å². The molecule has 4 aromatic rings.